The van der Waals surface area contributed by atoms with Gasteiger partial charge in [-0.2, -0.15) is 5.10 Å². The van der Waals surface area contributed by atoms with Crippen molar-refractivity contribution in [3.05, 3.63) is 64.7 Å². The van der Waals surface area contributed by atoms with E-state index in [4.69, 9.17) is 11.6 Å². The molecule has 0 aromatic heterocycles. The van der Waals surface area contributed by atoms with Crippen LogP contribution in [-0.4, -0.2) is 33.8 Å². The van der Waals surface area contributed by atoms with Crippen LogP contribution in [0, 0.1) is 0 Å². The number of hydrazone groups is 1. The number of hydrogen-bond acceptors (Lipinski definition) is 4. The molecule has 0 aliphatic rings. The molecule has 8 heteroatoms. The first kappa shape index (κ1) is 18.0. The summed E-state index contributed by atoms with van der Waals surface area (Å²) in [5.41, 5.74) is 4.04. The number of anilines is 1. The molecule has 0 aliphatic carbocycles. The fourth-order valence-corrected chi connectivity index (χ4v) is 2.42. The summed E-state index contributed by atoms with van der Waals surface area (Å²) in [6.07, 6.45) is 2.61. The van der Waals surface area contributed by atoms with Crippen LogP contribution in [0.1, 0.15) is 15.9 Å². The normalized spacial score (nSPS) is 11.5. The number of amides is 1. The van der Waals surface area contributed by atoms with Crippen molar-refractivity contribution in [2.24, 2.45) is 5.10 Å². The number of sulfonamides is 1. The second-order valence-corrected chi connectivity index (χ2v) is 7.48. The molecule has 0 fully saturated rings. The maximum Gasteiger partial charge on any atom is 0.271 e. The van der Waals surface area contributed by atoms with E-state index in [2.05, 4.69) is 10.5 Å². The lowest BCUT2D eigenvalue weighted by molar-refractivity contribution is 0.0955. The van der Waals surface area contributed by atoms with Gasteiger partial charge in [0.1, 0.15) is 0 Å². The van der Waals surface area contributed by atoms with Crippen LogP contribution in [0.4, 0.5) is 5.69 Å². The van der Waals surface area contributed by atoms with E-state index in [1.807, 2.05) is 0 Å². The highest BCUT2D eigenvalue weighted by Gasteiger charge is 2.12. The van der Waals surface area contributed by atoms with Gasteiger partial charge in [-0.1, -0.05) is 23.7 Å². The Morgan fingerprint density at radius 1 is 1.12 bits per heavy atom. The molecule has 126 valence electrons. The largest absolute Gasteiger partial charge is 0.274 e. The van der Waals surface area contributed by atoms with Crippen LogP contribution >= 0.6 is 11.6 Å². The topological polar surface area (TPSA) is 78.8 Å². The molecular weight excluding hydrogens is 350 g/mol. The molecule has 0 radical (unpaired) electrons. The second-order valence-electron chi connectivity index (χ2n) is 5.03. The molecule has 1 N–H and O–H groups in total. The fourth-order valence-electron chi connectivity index (χ4n) is 1.79. The Hall–Kier alpha value is -2.38. The molecule has 0 saturated heterocycles. The van der Waals surface area contributed by atoms with Gasteiger partial charge in [-0.25, -0.2) is 13.8 Å². The van der Waals surface area contributed by atoms with Crippen molar-refractivity contribution < 1.29 is 13.2 Å². The Morgan fingerprint density at radius 3 is 2.25 bits per heavy atom. The number of nitrogens with zero attached hydrogens (tertiary/aromatic N) is 2. The van der Waals surface area contributed by atoms with Gasteiger partial charge in [-0.15, -0.1) is 0 Å². The summed E-state index contributed by atoms with van der Waals surface area (Å²) < 4.78 is 24.1. The molecule has 24 heavy (non-hydrogen) atoms. The third kappa shape index (κ3) is 4.81. The minimum absolute atomic E-state index is 0.369. The summed E-state index contributed by atoms with van der Waals surface area (Å²) in [6.45, 7) is 0. The van der Waals surface area contributed by atoms with Crippen molar-refractivity contribution in [2.75, 3.05) is 17.6 Å². The van der Waals surface area contributed by atoms with Crippen LogP contribution in [-0.2, 0) is 10.0 Å². The predicted octanol–water partition coefficient (Wildman–Crippen LogP) is 2.50. The zero-order chi connectivity index (χ0) is 17.7. The molecule has 2 aromatic carbocycles. The van der Waals surface area contributed by atoms with Crippen molar-refractivity contribution in [3.8, 4) is 0 Å². The van der Waals surface area contributed by atoms with Gasteiger partial charge in [0.25, 0.3) is 5.91 Å². The molecule has 6 nitrogen and oxygen atoms in total. The van der Waals surface area contributed by atoms with Crippen LogP contribution in [0.2, 0.25) is 5.02 Å². The molecule has 0 heterocycles. The standard InChI is InChI=1S/C16H16ClN3O3S/c1-20(24(2,22)23)15-9-5-13(6-10-15)16(21)19-18-11-12-3-7-14(17)8-4-12/h3-11H,1-2H3,(H,19,21)/b18-11-. The maximum atomic E-state index is 12.0. The van der Waals surface area contributed by atoms with Crippen LogP contribution < -0.4 is 9.73 Å². The number of nitrogens with one attached hydrogen (secondary N) is 1. The smallest absolute Gasteiger partial charge is 0.271 e. The quantitative estimate of drug-likeness (QED) is 0.653. The van der Waals surface area contributed by atoms with E-state index in [9.17, 15) is 13.2 Å². The molecule has 0 bridgehead atoms. The summed E-state index contributed by atoms with van der Waals surface area (Å²) in [5, 5.41) is 4.49. The zero-order valence-electron chi connectivity index (χ0n) is 13.1. The van der Waals surface area contributed by atoms with Gasteiger partial charge >= 0.3 is 0 Å². The first-order valence-corrected chi connectivity index (χ1v) is 9.13. The minimum atomic E-state index is -3.34. The van der Waals surface area contributed by atoms with E-state index >= 15 is 0 Å². The summed E-state index contributed by atoms with van der Waals surface area (Å²) >= 11 is 5.78. The average Bonchev–Trinajstić information content (AvgIpc) is 2.55. The summed E-state index contributed by atoms with van der Waals surface area (Å²) in [5.74, 6) is -0.395. The summed E-state index contributed by atoms with van der Waals surface area (Å²) in [7, 11) is -1.89. The molecule has 0 spiro atoms. The molecule has 0 aliphatic heterocycles. The highest BCUT2D eigenvalue weighted by Crippen LogP contribution is 2.16. The number of benzene rings is 2. The Morgan fingerprint density at radius 2 is 1.71 bits per heavy atom. The summed E-state index contributed by atoms with van der Waals surface area (Å²) in [6, 6.07) is 13.2. The monoisotopic (exact) mass is 365 g/mol. The number of hydrogen-bond donors (Lipinski definition) is 1. The number of carbonyl (C=O) groups excluding carboxylic acids is 1. The van der Waals surface area contributed by atoms with Gasteiger partial charge in [-0.3, -0.25) is 9.10 Å². The number of halogens is 1. The Labute approximate surface area is 145 Å². The van der Waals surface area contributed by atoms with E-state index in [0.717, 1.165) is 16.1 Å². The van der Waals surface area contributed by atoms with Crippen LogP contribution in [0.5, 0.6) is 0 Å². The van der Waals surface area contributed by atoms with E-state index in [-0.39, 0.29) is 0 Å². The molecule has 0 unspecified atom stereocenters. The average molecular weight is 366 g/mol. The van der Waals surface area contributed by atoms with Crippen molar-refractivity contribution in [1.82, 2.24) is 5.43 Å². The lowest BCUT2D eigenvalue weighted by atomic mass is 10.2. The third-order valence-corrected chi connectivity index (χ3v) is 4.70. The van der Waals surface area contributed by atoms with Crippen molar-refractivity contribution in [3.63, 3.8) is 0 Å². The van der Waals surface area contributed by atoms with E-state index in [1.54, 1.807) is 36.4 Å². The molecular formula is C16H16ClN3O3S. The van der Waals surface area contributed by atoms with Crippen molar-refractivity contribution in [1.29, 1.82) is 0 Å². The Bertz CT molecular complexity index is 847. The summed E-state index contributed by atoms with van der Waals surface area (Å²) in [4.78, 5) is 12.0. The molecule has 1 amide bonds. The molecule has 0 saturated carbocycles. The van der Waals surface area contributed by atoms with Gasteiger partial charge in [0.05, 0.1) is 18.2 Å². The Kier molecular flexibility index (Phi) is 5.58. The molecule has 0 atom stereocenters. The van der Waals surface area contributed by atoms with Crippen LogP contribution in [0.25, 0.3) is 0 Å². The highest BCUT2D eigenvalue weighted by atomic mass is 35.5. The van der Waals surface area contributed by atoms with Gasteiger partial charge in [-0.05, 0) is 42.0 Å². The SMILES string of the molecule is CN(c1ccc(C(=O)N/N=C\c2ccc(Cl)cc2)cc1)S(C)(=O)=O. The number of carbonyl (C=O) groups is 1. The van der Waals surface area contributed by atoms with E-state index < -0.39 is 15.9 Å². The first-order valence-electron chi connectivity index (χ1n) is 6.90. The molecule has 2 aromatic rings. The Balaban J connectivity index is 2.01. The zero-order valence-corrected chi connectivity index (χ0v) is 14.7. The van der Waals surface area contributed by atoms with Crippen molar-refractivity contribution >= 4 is 39.4 Å². The maximum absolute atomic E-state index is 12.0. The third-order valence-electron chi connectivity index (χ3n) is 3.24. The van der Waals surface area contributed by atoms with Crippen LogP contribution in [0.15, 0.2) is 53.6 Å². The lowest BCUT2D eigenvalue weighted by Gasteiger charge is -2.16. The van der Waals surface area contributed by atoms with Gasteiger partial charge < -0.3 is 0 Å². The van der Waals surface area contributed by atoms with Gasteiger partial charge in [0, 0.05) is 17.6 Å². The highest BCUT2D eigenvalue weighted by molar-refractivity contribution is 7.92. The van der Waals surface area contributed by atoms with E-state index in [0.29, 0.717) is 16.3 Å². The van der Waals surface area contributed by atoms with Crippen LogP contribution in [0.3, 0.4) is 0 Å². The fraction of sp³-hybridized carbons (Fsp3) is 0.125. The number of rotatable bonds is 5. The van der Waals surface area contributed by atoms with Gasteiger partial charge in [0.2, 0.25) is 10.0 Å². The van der Waals surface area contributed by atoms with Crippen molar-refractivity contribution in [2.45, 2.75) is 0 Å². The lowest BCUT2D eigenvalue weighted by Crippen LogP contribution is -2.25. The molecule has 2 rings (SSSR count). The predicted molar refractivity (Wildman–Crippen MR) is 96.2 cm³/mol. The van der Waals surface area contributed by atoms with E-state index in [1.165, 1.54) is 25.4 Å². The first-order chi connectivity index (χ1) is 11.3. The van der Waals surface area contributed by atoms with Gasteiger partial charge in [0.15, 0.2) is 0 Å². The minimum Gasteiger partial charge on any atom is -0.274 e. The second kappa shape index (κ2) is 7.46.